The zero-order valence-electron chi connectivity index (χ0n) is 13.8. The standard InChI is InChI=1S/C18H18N2O4/c1-21-14-7-4-12(5-8-14)10-17-19-18(24-20-17)13-6-9-15(22-2)16(11-13)23-3/h4-9,11H,10H2,1-3H3. The molecule has 124 valence electrons. The fraction of sp³-hybridized carbons (Fsp3) is 0.222. The lowest BCUT2D eigenvalue weighted by molar-refractivity contribution is 0.355. The zero-order valence-corrected chi connectivity index (χ0v) is 13.8. The Hall–Kier alpha value is -3.02. The van der Waals surface area contributed by atoms with Crippen molar-refractivity contribution in [3.63, 3.8) is 0 Å². The molecular weight excluding hydrogens is 308 g/mol. The van der Waals surface area contributed by atoms with Gasteiger partial charge in [-0.05, 0) is 35.9 Å². The molecule has 6 nitrogen and oxygen atoms in total. The number of benzene rings is 2. The second kappa shape index (κ2) is 7.04. The summed E-state index contributed by atoms with van der Waals surface area (Å²) >= 11 is 0. The summed E-state index contributed by atoms with van der Waals surface area (Å²) in [6.07, 6.45) is 0.584. The van der Waals surface area contributed by atoms with Gasteiger partial charge in [-0.2, -0.15) is 4.98 Å². The van der Waals surface area contributed by atoms with Gasteiger partial charge in [0.1, 0.15) is 5.75 Å². The molecule has 0 radical (unpaired) electrons. The summed E-state index contributed by atoms with van der Waals surface area (Å²) in [4.78, 5) is 4.44. The number of hydrogen-bond acceptors (Lipinski definition) is 6. The van der Waals surface area contributed by atoms with Crippen molar-refractivity contribution < 1.29 is 18.7 Å². The Labute approximate surface area is 140 Å². The third-order valence-electron chi connectivity index (χ3n) is 3.62. The molecule has 3 rings (SSSR count). The largest absolute Gasteiger partial charge is 0.497 e. The number of hydrogen-bond donors (Lipinski definition) is 0. The lowest BCUT2D eigenvalue weighted by atomic mass is 10.1. The van der Waals surface area contributed by atoms with E-state index in [1.54, 1.807) is 21.3 Å². The molecule has 0 aliphatic rings. The maximum atomic E-state index is 5.36. The SMILES string of the molecule is COc1ccc(Cc2noc(-c3ccc(OC)c(OC)c3)n2)cc1. The summed E-state index contributed by atoms with van der Waals surface area (Å²) in [7, 11) is 4.82. The van der Waals surface area contributed by atoms with Crippen molar-refractivity contribution in [2.75, 3.05) is 21.3 Å². The molecule has 0 aliphatic carbocycles. The molecule has 0 saturated heterocycles. The summed E-state index contributed by atoms with van der Waals surface area (Å²) in [5.41, 5.74) is 1.86. The molecular formula is C18H18N2O4. The van der Waals surface area contributed by atoms with E-state index in [1.807, 2.05) is 42.5 Å². The van der Waals surface area contributed by atoms with Gasteiger partial charge in [-0.25, -0.2) is 0 Å². The van der Waals surface area contributed by atoms with Crippen molar-refractivity contribution in [1.29, 1.82) is 0 Å². The fourth-order valence-electron chi connectivity index (χ4n) is 2.34. The summed E-state index contributed by atoms with van der Waals surface area (Å²) in [5, 5.41) is 4.04. The van der Waals surface area contributed by atoms with Crippen LogP contribution in [0, 0.1) is 0 Å². The van der Waals surface area contributed by atoms with E-state index in [0.717, 1.165) is 16.9 Å². The lowest BCUT2D eigenvalue weighted by Crippen LogP contribution is -1.92. The second-order valence-electron chi connectivity index (χ2n) is 5.11. The van der Waals surface area contributed by atoms with E-state index >= 15 is 0 Å². The molecule has 2 aromatic carbocycles. The summed E-state index contributed by atoms with van der Waals surface area (Å²) in [6.45, 7) is 0. The molecule has 1 heterocycles. The number of rotatable bonds is 6. The molecule has 1 aromatic heterocycles. The highest BCUT2D eigenvalue weighted by Crippen LogP contribution is 2.31. The van der Waals surface area contributed by atoms with Crippen LogP contribution < -0.4 is 14.2 Å². The van der Waals surface area contributed by atoms with Crippen molar-refractivity contribution in [2.45, 2.75) is 6.42 Å². The monoisotopic (exact) mass is 326 g/mol. The van der Waals surface area contributed by atoms with Crippen LogP contribution in [-0.2, 0) is 6.42 Å². The Morgan fingerprint density at radius 2 is 1.62 bits per heavy atom. The van der Waals surface area contributed by atoms with Gasteiger partial charge in [0.2, 0.25) is 0 Å². The zero-order chi connectivity index (χ0) is 16.9. The highest BCUT2D eigenvalue weighted by atomic mass is 16.5. The third-order valence-corrected chi connectivity index (χ3v) is 3.62. The van der Waals surface area contributed by atoms with E-state index in [1.165, 1.54) is 0 Å². The predicted octanol–water partition coefficient (Wildman–Crippen LogP) is 3.35. The van der Waals surface area contributed by atoms with Crippen molar-refractivity contribution in [3.05, 3.63) is 53.9 Å². The minimum atomic E-state index is 0.444. The van der Waals surface area contributed by atoms with Crippen LogP contribution in [0.3, 0.4) is 0 Å². The van der Waals surface area contributed by atoms with E-state index in [-0.39, 0.29) is 0 Å². The van der Waals surface area contributed by atoms with Gasteiger partial charge in [-0.3, -0.25) is 0 Å². The summed E-state index contributed by atoms with van der Waals surface area (Å²) < 4.78 is 21.0. The molecule has 0 atom stereocenters. The number of nitrogens with zero attached hydrogens (tertiary/aromatic N) is 2. The average molecular weight is 326 g/mol. The smallest absolute Gasteiger partial charge is 0.258 e. The summed E-state index contributed by atoms with van der Waals surface area (Å²) in [5.74, 6) is 3.14. The molecule has 6 heteroatoms. The maximum absolute atomic E-state index is 5.36. The van der Waals surface area contributed by atoms with E-state index < -0.39 is 0 Å². The molecule has 3 aromatic rings. The first-order valence-electron chi connectivity index (χ1n) is 7.41. The highest BCUT2D eigenvalue weighted by Gasteiger charge is 2.12. The third kappa shape index (κ3) is 3.32. The Bertz CT molecular complexity index is 812. The first-order chi connectivity index (χ1) is 11.7. The van der Waals surface area contributed by atoms with Gasteiger partial charge in [0.05, 0.1) is 21.3 Å². The first-order valence-corrected chi connectivity index (χ1v) is 7.41. The number of ether oxygens (including phenoxy) is 3. The summed E-state index contributed by atoms with van der Waals surface area (Å²) in [6, 6.07) is 13.2. The normalized spacial score (nSPS) is 10.5. The molecule has 24 heavy (non-hydrogen) atoms. The minimum Gasteiger partial charge on any atom is -0.497 e. The van der Waals surface area contributed by atoms with Gasteiger partial charge < -0.3 is 18.7 Å². The molecule has 0 bridgehead atoms. The van der Waals surface area contributed by atoms with Crippen LogP contribution in [0.25, 0.3) is 11.5 Å². The van der Waals surface area contributed by atoms with E-state index in [4.69, 9.17) is 18.7 Å². The molecule has 0 aliphatic heterocycles. The average Bonchev–Trinajstić information content (AvgIpc) is 3.10. The fourth-order valence-corrected chi connectivity index (χ4v) is 2.34. The Morgan fingerprint density at radius 1 is 0.875 bits per heavy atom. The molecule has 0 saturated carbocycles. The maximum Gasteiger partial charge on any atom is 0.258 e. The topological polar surface area (TPSA) is 66.6 Å². The lowest BCUT2D eigenvalue weighted by Gasteiger charge is -2.07. The van der Waals surface area contributed by atoms with Gasteiger partial charge in [0.15, 0.2) is 17.3 Å². The van der Waals surface area contributed by atoms with Gasteiger partial charge in [0.25, 0.3) is 5.89 Å². The van der Waals surface area contributed by atoms with Gasteiger partial charge in [-0.15, -0.1) is 0 Å². The van der Waals surface area contributed by atoms with Gasteiger partial charge in [0, 0.05) is 12.0 Å². The van der Waals surface area contributed by atoms with Crippen LogP contribution in [0.2, 0.25) is 0 Å². The first kappa shape index (κ1) is 15.9. The molecule has 0 unspecified atom stereocenters. The van der Waals surface area contributed by atoms with Crippen molar-refractivity contribution in [3.8, 4) is 28.7 Å². The van der Waals surface area contributed by atoms with Crippen LogP contribution in [0.5, 0.6) is 17.2 Å². The molecule has 0 fully saturated rings. The number of aromatic nitrogens is 2. The van der Waals surface area contributed by atoms with E-state index in [9.17, 15) is 0 Å². The molecule has 0 spiro atoms. The Morgan fingerprint density at radius 3 is 2.29 bits per heavy atom. The Balaban J connectivity index is 1.79. The Kier molecular flexibility index (Phi) is 4.65. The van der Waals surface area contributed by atoms with Crippen LogP contribution in [-0.4, -0.2) is 31.5 Å². The van der Waals surface area contributed by atoms with Gasteiger partial charge in [-0.1, -0.05) is 17.3 Å². The molecule has 0 amide bonds. The highest BCUT2D eigenvalue weighted by molar-refractivity contribution is 5.59. The van der Waals surface area contributed by atoms with E-state index in [0.29, 0.717) is 29.6 Å². The van der Waals surface area contributed by atoms with Crippen molar-refractivity contribution in [1.82, 2.24) is 10.1 Å². The van der Waals surface area contributed by atoms with Crippen LogP contribution in [0.15, 0.2) is 47.0 Å². The quantitative estimate of drug-likeness (QED) is 0.692. The van der Waals surface area contributed by atoms with Crippen LogP contribution in [0.1, 0.15) is 11.4 Å². The van der Waals surface area contributed by atoms with Crippen molar-refractivity contribution >= 4 is 0 Å². The van der Waals surface area contributed by atoms with E-state index in [2.05, 4.69) is 10.1 Å². The van der Waals surface area contributed by atoms with Crippen molar-refractivity contribution in [2.24, 2.45) is 0 Å². The predicted molar refractivity (Wildman–Crippen MR) is 88.6 cm³/mol. The number of methoxy groups -OCH3 is 3. The minimum absolute atomic E-state index is 0.444. The molecule has 0 N–H and O–H groups in total. The van der Waals surface area contributed by atoms with Crippen LogP contribution in [0.4, 0.5) is 0 Å². The van der Waals surface area contributed by atoms with Gasteiger partial charge >= 0.3 is 0 Å². The van der Waals surface area contributed by atoms with Crippen LogP contribution >= 0.6 is 0 Å². The second-order valence-corrected chi connectivity index (χ2v) is 5.11.